The predicted octanol–water partition coefficient (Wildman–Crippen LogP) is 15.1. The summed E-state index contributed by atoms with van der Waals surface area (Å²) in [4.78, 5) is 26.5. The van der Waals surface area contributed by atoms with Crippen LogP contribution in [-0.2, 0) is 23.8 Å². The Morgan fingerprint density at radius 3 is 1.27 bits per heavy atom. The molecule has 11 heteroatoms. The highest BCUT2D eigenvalue weighted by atomic mass is 16.7. The fourth-order valence-electron chi connectivity index (χ4n) is 10.4. The highest BCUT2D eigenvalue weighted by Gasteiger charge is 2.47. The molecule has 1 amide bonds. The van der Waals surface area contributed by atoms with Crippen LogP contribution in [0.2, 0.25) is 0 Å². The second-order valence-corrected chi connectivity index (χ2v) is 22.5. The Kier molecular flexibility index (Phi) is 49.6. The van der Waals surface area contributed by atoms with Crippen molar-refractivity contribution in [1.82, 2.24) is 5.32 Å². The Morgan fingerprint density at radius 2 is 0.878 bits per heavy atom. The van der Waals surface area contributed by atoms with Crippen molar-refractivity contribution in [2.24, 2.45) is 0 Å². The molecule has 1 aliphatic rings. The van der Waals surface area contributed by atoms with E-state index in [0.717, 1.165) is 57.8 Å². The van der Waals surface area contributed by atoms with Gasteiger partial charge in [0.05, 0.1) is 25.4 Å². The summed E-state index contributed by atoms with van der Waals surface area (Å²) in [6.07, 6.45) is 48.3. The highest BCUT2D eigenvalue weighted by Crippen LogP contribution is 2.26. The molecule has 1 aliphatic heterocycles. The van der Waals surface area contributed by atoms with Crippen LogP contribution in [0.15, 0.2) is 12.2 Å². The van der Waals surface area contributed by atoms with E-state index in [4.69, 9.17) is 14.2 Å². The second-order valence-electron chi connectivity index (χ2n) is 22.5. The normalized spacial score (nSPS) is 19.3. The first-order chi connectivity index (χ1) is 36.2. The molecule has 0 aromatic rings. The summed E-state index contributed by atoms with van der Waals surface area (Å²) in [7, 11) is 0. The molecule has 0 aromatic carbocycles. The average molecular weight is 1050 g/mol. The van der Waals surface area contributed by atoms with E-state index in [1.807, 2.05) is 6.08 Å². The molecule has 0 saturated carbocycles. The third-order valence-corrected chi connectivity index (χ3v) is 15.4. The van der Waals surface area contributed by atoms with Crippen LogP contribution in [0.4, 0.5) is 0 Å². The zero-order chi connectivity index (χ0) is 54.0. The van der Waals surface area contributed by atoms with Crippen molar-refractivity contribution in [2.75, 3.05) is 13.2 Å². The van der Waals surface area contributed by atoms with E-state index in [0.29, 0.717) is 19.3 Å². The zero-order valence-corrected chi connectivity index (χ0v) is 48.5. The molecule has 74 heavy (non-hydrogen) atoms. The van der Waals surface area contributed by atoms with Gasteiger partial charge in [0.15, 0.2) is 12.4 Å². The standard InChI is InChI=1S/C63H121NO10/c1-4-7-10-13-16-19-22-25-26-27-28-29-30-31-32-33-36-39-42-45-48-51-58(68)74-61-60(70)59(69)57(52-65)73-63(61)72-53-54(55(66)49-46-43-40-37-34-23-20-17-14-11-8-5-2)64-62(71)56(67)50-47-44-41-38-35-24-21-18-15-12-9-6-3/h46,49,54-57,59-61,63,65-67,69-70H,4-45,47-48,50-53H2,1-3H3,(H,64,71)/b49-46+. The van der Waals surface area contributed by atoms with Crippen molar-refractivity contribution in [3.05, 3.63) is 12.2 Å². The minimum atomic E-state index is -1.61. The topological polar surface area (TPSA) is 175 Å². The molecule has 1 heterocycles. The number of hydrogen-bond donors (Lipinski definition) is 6. The number of rotatable bonds is 55. The monoisotopic (exact) mass is 1050 g/mol. The molecule has 0 radical (unpaired) electrons. The number of amides is 1. The Labute approximate surface area is 455 Å². The third-order valence-electron chi connectivity index (χ3n) is 15.4. The molecule has 6 N–H and O–H groups in total. The van der Waals surface area contributed by atoms with Gasteiger partial charge < -0.3 is 45.1 Å². The van der Waals surface area contributed by atoms with Crippen LogP contribution in [0.1, 0.15) is 316 Å². The van der Waals surface area contributed by atoms with E-state index >= 15 is 0 Å². The smallest absolute Gasteiger partial charge is 0.306 e. The van der Waals surface area contributed by atoms with Gasteiger partial charge in [-0.1, -0.05) is 296 Å². The number of allylic oxidation sites excluding steroid dienone is 1. The maximum absolute atomic E-state index is 13.4. The van der Waals surface area contributed by atoms with E-state index in [1.54, 1.807) is 6.08 Å². The lowest BCUT2D eigenvalue weighted by Gasteiger charge is -2.41. The van der Waals surface area contributed by atoms with Gasteiger partial charge in [-0.05, 0) is 25.7 Å². The summed E-state index contributed by atoms with van der Waals surface area (Å²) in [5.74, 6) is -1.18. The SMILES string of the molecule is CCCCCCCCCCCC/C=C/C(O)C(COC1OC(CO)C(O)C(O)C1OC(=O)CCCCCCCCCCCCCCCCCCCCCCC)NC(=O)C(O)CCCCCCCCCCCCCC. The number of unbranched alkanes of at least 4 members (excludes halogenated alkanes) is 41. The van der Waals surface area contributed by atoms with Gasteiger partial charge in [0.1, 0.15) is 24.4 Å². The number of carbonyl (C=O) groups excluding carboxylic acids is 2. The first-order valence-electron chi connectivity index (χ1n) is 32.0. The van der Waals surface area contributed by atoms with E-state index in [-0.39, 0.29) is 13.0 Å². The van der Waals surface area contributed by atoms with E-state index in [1.165, 1.54) is 212 Å². The molecular weight excluding hydrogens is 931 g/mol. The van der Waals surface area contributed by atoms with Crippen LogP contribution < -0.4 is 5.32 Å². The Morgan fingerprint density at radius 1 is 0.514 bits per heavy atom. The molecular formula is C63H121NO10. The molecule has 0 spiro atoms. The number of nitrogens with one attached hydrogen (secondary N) is 1. The van der Waals surface area contributed by atoms with Gasteiger partial charge in [-0.25, -0.2) is 0 Å². The largest absolute Gasteiger partial charge is 0.454 e. The summed E-state index contributed by atoms with van der Waals surface area (Å²) in [6.45, 7) is 5.82. The molecule has 438 valence electrons. The van der Waals surface area contributed by atoms with E-state index in [2.05, 4.69) is 26.1 Å². The molecule has 1 fully saturated rings. The summed E-state index contributed by atoms with van der Waals surface area (Å²) in [6, 6.07) is -1.01. The van der Waals surface area contributed by atoms with Crippen LogP contribution in [0.5, 0.6) is 0 Å². The van der Waals surface area contributed by atoms with Crippen LogP contribution in [-0.4, -0.2) is 99.6 Å². The van der Waals surface area contributed by atoms with E-state index < -0.39 is 67.4 Å². The van der Waals surface area contributed by atoms with Crippen molar-refractivity contribution < 1.29 is 49.3 Å². The molecule has 8 atom stereocenters. The maximum atomic E-state index is 13.4. The van der Waals surface area contributed by atoms with Gasteiger partial charge >= 0.3 is 5.97 Å². The lowest BCUT2D eigenvalue weighted by atomic mass is 9.99. The van der Waals surface area contributed by atoms with Crippen LogP contribution in [0.3, 0.4) is 0 Å². The van der Waals surface area contributed by atoms with Crippen molar-refractivity contribution in [1.29, 1.82) is 0 Å². The van der Waals surface area contributed by atoms with Crippen molar-refractivity contribution in [3.63, 3.8) is 0 Å². The first kappa shape index (κ1) is 70.4. The molecule has 1 saturated heterocycles. The Bertz CT molecular complexity index is 1250. The molecule has 0 aliphatic carbocycles. The van der Waals surface area contributed by atoms with Crippen LogP contribution >= 0.6 is 0 Å². The predicted molar refractivity (Wildman–Crippen MR) is 306 cm³/mol. The lowest BCUT2D eigenvalue weighted by Crippen LogP contribution is -2.61. The highest BCUT2D eigenvalue weighted by molar-refractivity contribution is 5.80. The fourth-order valence-corrected chi connectivity index (χ4v) is 10.4. The summed E-state index contributed by atoms with van der Waals surface area (Å²) >= 11 is 0. The number of aliphatic hydroxyl groups excluding tert-OH is 5. The zero-order valence-electron chi connectivity index (χ0n) is 48.5. The molecule has 8 unspecified atom stereocenters. The number of ether oxygens (including phenoxy) is 3. The molecule has 0 aromatic heterocycles. The van der Waals surface area contributed by atoms with Gasteiger partial charge in [-0.2, -0.15) is 0 Å². The Hall–Kier alpha value is -1.60. The average Bonchev–Trinajstić information content (AvgIpc) is 3.40. The molecule has 11 nitrogen and oxygen atoms in total. The van der Waals surface area contributed by atoms with Crippen LogP contribution in [0, 0.1) is 0 Å². The van der Waals surface area contributed by atoms with E-state index in [9.17, 15) is 35.1 Å². The van der Waals surface area contributed by atoms with Crippen molar-refractivity contribution in [3.8, 4) is 0 Å². The number of aliphatic hydroxyl groups is 5. The first-order valence-corrected chi connectivity index (χ1v) is 32.0. The molecule has 1 rings (SSSR count). The van der Waals surface area contributed by atoms with Crippen molar-refractivity contribution in [2.45, 2.75) is 365 Å². The Balaban J connectivity index is 2.61. The van der Waals surface area contributed by atoms with Crippen LogP contribution in [0.25, 0.3) is 0 Å². The number of hydrogen-bond acceptors (Lipinski definition) is 10. The number of carbonyl (C=O) groups is 2. The van der Waals surface area contributed by atoms with Gasteiger partial charge in [0.2, 0.25) is 5.91 Å². The third kappa shape index (κ3) is 39.7. The van der Waals surface area contributed by atoms with Crippen molar-refractivity contribution >= 4 is 11.9 Å². The van der Waals surface area contributed by atoms with Gasteiger partial charge in [0.25, 0.3) is 0 Å². The van der Waals surface area contributed by atoms with Gasteiger partial charge in [0, 0.05) is 6.42 Å². The molecule has 0 bridgehead atoms. The summed E-state index contributed by atoms with van der Waals surface area (Å²) in [5, 5.41) is 56.9. The number of esters is 1. The lowest BCUT2D eigenvalue weighted by molar-refractivity contribution is -0.305. The van der Waals surface area contributed by atoms with Gasteiger partial charge in [-0.15, -0.1) is 0 Å². The minimum Gasteiger partial charge on any atom is -0.454 e. The minimum absolute atomic E-state index is 0.132. The maximum Gasteiger partial charge on any atom is 0.306 e. The summed E-state index contributed by atoms with van der Waals surface area (Å²) < 4.78 is 17.6. The second kappa shape index (κ2) is 52.1. The summed E-state index contributed by atoms with van der Waals surface area (Å²) in [5.41, 5.74) is 0. The van der Waals surface area contributed by atoms with Gasteiger partial charge in [-0.3, -0.25) is 9.59 Å². The fraction of sp³-hybridized carbons (Fsp3) is 0.937. The quantitative estimate of drug-likeness (QED) is 0.0195.